The molecule has 0 aromatic heterocycles. The summed E-state index contributed by atoms with van der Waals surface area (Å²) in [5.41, 5.74) is 0. The van der Waals surface area contributed by atoms with Gasteiger partial charge in [-0.3, -0.25) is 19.3 Å². The van der Waals surface area contributed by atoms with E-state index in [0.29, 0.717) is 12.5 Å². The molecule has 1 N–H and O–H groups in total. The third-order valence-corrected chi connectivity index (χ3v) is 3.92. The summed E-state index contributed by atoms with van der Waals surface area (Å²) in [6.45, 7) is 0.727. The molecule has 0 spiro atoms. The fourth-order valence-electron chi connectivity index (χ4n) is 2.76. The SMILES string of the molecule is C#CCNC(=O)C1CCC(CN2C(=O)C=CC2=O)CC1. The normalized spacial score (nSPS) is 25.6. The third kappa shape index (κ3) is 3.27. The number of terminal acetylenes is 1. The van der Waals surface area contributed by atoms with E-state index in [4.69, 9.17) is 6.42 Å². The summed E-state index contributed by atoms with van der Waals surface area (Å²) in [7, 11) is 0. The van der Waals surface area contributed by atoms with Gasteiger partial charge in [-0.1, -0.05) is 5.92 Å². The Balaban J connectivity index is 1.77. The van der Waals surface area contributed by atoms with Crippen LogP contribution in [-0.2, 0) is 14.4 Å². The van der Waals surface area contributed by atoms with E-state index in [1.807, 2.05) is 0 Å². The Hall–Kier alpha value is -2.09. The van der Waals surface area contributed by atoms with Gasteiger partial charge >= 0.3 is 0 Å². The van der Waals surface area contributed by atoms with Crippen LogP contribution in [0, 0.1) is 24.2 Å². The zero-order valence-corrected chi connectivity index (χ0v) is 11.3. The molecule has 1 fully saturated rings. The number of carbonyl (C=O) groups is 3. The first-order valence-electron chi connectivity index (χ1n) is 6.86. The van der Waals surface area contributed by atoms with Crippen LogP contribution in [0.2, 0.25) is 0 Å². The van der Waals surface area contributed by atoms with Crippen LogP contribution in [0.5, 0.6) is 0 Å². The summed E-state index contributed by atoms with van der Waals surface area (Å²) < 4.78 is 0. The fourth-order valence-corrected chi connectivity index (χ4v) is 2.76. The maximum absolute atomic E-state index is 11.8. The van der Waals surface area contributed by atoms with Gasteiger partial charge < -0.3 is 5.32 Å². The predicted octanol–water partition coefficient (Wildman–Crippen LogP) is 0.467. The molecule has 0 aromatic rings. The Bertz CT molecular complexity index is 464. The molecule has 0 atom stereocenters. The first kappa shape index (κ1) is 14.3. The number of rotatable bonds is 4. The van der Waals surface area contributed by atoms with Gasteiger partial charge in [-0.05, 0) is 31.6 Å². The lowest BCUT2D eigenvalue weighted by molar-refractivity contribution is -0.138. The van der Waals surface area contributed by atoms with Crippen molar-refractivity contribution in [3.63, 3.8) is 0 Å². The third-order valence-electron chi connectivity index (χ3n) is 3.92. The fraction of sp³-hybridized carbons (Fsp3) is 0.533. The zero-order valence-electron chi connectivity index (χ0n) is 11.3. The molecule has 2 aliphatic rings. The molecule has 106 valence electrons. The lowest BCUT2D eigenvalue weighted by atomic mass is 9.81. The van der Waals surface area contributed by atoms with E-state index in [-0.39, 0.29) is 30.2 Å². The Morgan fingerprint density at radius 3 is 2.40 bits per heavy atom. The van der Waals surface area contributed by atoms with Gasteiger partial charge in [0.05, 0.1) is 6.54 Å². The van der Waals surface area contributed by atoms with Crippen LogP contribution in [0.4, 0.5) is 0 Å². The monoisotopic (exact) mass is 274 g/mol. The van der Waals surface area contributed by atoms with Crippen LogP contribution in [-0.4, -0.2) is 35.7 Å². The van der Waals surface area contributed by atoms with Crippen LogP contribution in [0.15, 0.2) is 12.2 Å². The molecule has 1 heterocycles. The van der Waals surface area contributed by atoms with Gasteiger partial charge in [0, 0.05) is 24.6 Å². The van der Waals surface area contributed by atoms with Gasteiger partial charge in [0.2, 0.25) is 5.91 Å². The zero-order chi connectivity index (χ0) is 14.5. The number of nitrogens with zero attached hydrogens (tertiary/aromatic N) is 1. The van der Waals surface area contributed by atoms with E-state index < -0.39 is 0 Å². The maximum atomic E-state index is 11.8. The van der Waals surface area contributed by atoms with Crippen molar-refractivity contribution >= 4 is 17.7 Å². The number of hydrogen-bond donors (Lipinski definition) is 1. The van der Waals surface area contributed by atoms with Crippen LogP contribution >= 0.6 is 0 Å². The molecule has 0 aromatic carbocycles. The highest BCUT2D eigenvalue weighted by atomic mass is 16.2. The number of imide groups is 1. The second-order valence-corrected chi connectivity index (χ2v) is 5.26. The van der Waals surface area contributed by atoms with E-state index in [9.17, 15) is 14.4 Å². The van der Waals surface area contributed by atoms with Crippen molar-refractivity contribution in [2.24, 2.45) is 11.8 Å². The maximum Gasteiger partial charge on any atom is 0.253 e. The Morgan fingerprint density at radius 2 is 1.85 bits per heavy atom. The van der Waals surface area contributed by atoms with Crippen LogP contribution in [0.3, 0.4) is 0 Å². The molecule has 1 aliphatic heterocycles. The van der Waals surface area contributed by atoms with E-state index in [1.54, 1.807) is 0 Å². The first-order chi connectivity index (χ1) is 9.61. The van der Waals surface area contributed by atoms with Crippen molar-refractivity contribution in [3.05, 3.63) is 12.2 Å². The van der Waals surface area contributed by atoms with Gasteiger partial charge in [-0.15, -0.1) is 6.42 Å². The van der Waals surface area contributed by atoms with Gasteiger partial charge in [-0.2, -0.15) is 0 Å². The minimum absolute atomic E-state index is 0.00251. The lowest BCUT2D eigenvalue weighted by Gasteiger charge is -2.29. The molecule has 0 radical (unpaired) electrons. The average Bonchev–Trinajstić information content (AvgIpc) is 2.77. The number of amides is 3. The van der Waals surface area contributed by atoms with Gasteiger partial charge in [0.15, 0.2) is 0 Å². The highest BCUT2D eigenvalue weighted by Gasteiger charge is 2.30. The number of carbonyl (C=O) groups excluding carboxylic acids is 3. The molecule has 3 amide bonds. The largest absolute Gasteiger partial charge is 0.345 e. The molecule has 1 saturated carbocycles. The summed E-state index contributed by atoms with van der Waals surface area (Å²) >= 11 is 0. The average molecular weight is 274 g/mol. The van der Waals surface area contributed by atoms with E-state index >= 15 is 0 Å². The van der Waals surface area contributed by atoms with E-state index in [0.717, 1.165) is 25.7 Å². The molecule has 0 bridgehead atoms. The predicted molar refractivity (Wildman–Crippen MR) is 73.2 cm³/mol. The summed E-state index contributed by atoms with van der Waals surface area (Å²) in [6, 6.07) is 0. The van der Waals surface area contributed by atoms with Crippen molar-refractivity contribution in [2.45, 2.75) is 25.7 Å². The molecule has 20 heavy (non-hydrogen) atoms. The van der Waals surface area contributed by atoms with Crippen molar-refractivity contribution < 1.29 is 14.4 Å². The Labute approximate surface area is 118 Å². The van der Waals surface area contributed by atoms with E-state index in [2.05, 4.69) is 11.2 Å². The molecular weight excluding hydrogens is 256 g/mol. The van der Waals surface area contributed by atoms with Crippen molar-refractivity contribution in [2.75, 3.05) is 13.1 Å². The van der Waals surface area contributed by atoms with E-state index in [1.165, 1.54) is 17.1 Å². The minimum atomic E-state index is -0.233. The Kier molecular flexibility index (Phi) is 4.57. The second-order valence-electron chi connectivity index (χ2n) is 5.26. The van der Waals surface area contributed by atoms with Crippen LogP contribution < -0.4 is 5.32 Å². The quantitative estimate of drug-likeness (QED) is 0.598. The first-order valence-corrected chi connectivity index (χ1v) is 6.86. The second kappa shape index (κ2) is 6.38. The summed E-state index contributed by atoms with van der Waals surface area (Å²) in [5, 5.41) is 2.70. The molecule has 0 saturated heterocycles. The molecule has 0 unspecified atom stereocenters. The topological polar surface area (TPSA) is 66.5 Å². The molecular formula is C15H18N2O3. The standard InChI is InChI=1S/C15H18N2O3/c1-2-9-16-15(20)12-5-3-11(4-6-12)10-17-13(18)7-8-14(17)19/h1,7-8,11-12H,3-6,9-10H2,(H,16,20). The van der Waals surface area contributed by atoms with Gasteiger partial charge in [0.25, 0.3) is 11.8 Å². The Morgan fingerprint density at radius 1 is 1.25 bits per heavy atom. The molecule has 2 rings (SSSR count). The molecule has 1 aliphatic carbocycles. The van der Waals surface area contributed by atoms with Crippen LogP contribution in [0.25, 0.3) is 0 Å². The number of hydrogen-bond acceptors (Lipinski definition) is 3. The van der Waals surface area contributed by atoms with Crippen molar-refractivity contribution in [3.8, 4) is 12.3 Å². The summed E-state index contributed by atoms with van der Waals surface area (Å²) in [6.07, 6.45) is 11.0. The highest BCUT2D eigenvalue weighted by molar-refractivity contribution is 6.12. The van der Waals surface area contributed by atoms with Gasteiger partial charge in [0.1, 0.15) is 0 Å². The minimum Gasteiger partial charge on any atom is -0.345 e. The van der Waals surface area contributed by atoms with Crippen molar-refractivity contribution in [1.82, 2.24) is 10.2 Å². The molecule has 5 heteroatoms. The van der Waals surface area contributed by atoms with Crippen LogP contribution in [0.1, 0.15) is 25.7 Å². The lowest BCUT2D eigenvalue weighted by Crippen LogP contribution is -2.38. The molecule has 5 nitrogen and oxygen atoms in total. The highest BCUT2D eigenvalue weighted by Crippen LogP contribution is 2.30. The summed E-state index contributed by atoms with van der Waals surface area (Å²) in [5.74, 6) is 2.22. The smallest absolute Gasteiger partial charge is 0.253 e. The van der Waals surface area contributed by atoms with Gasteiger partial charge in [-0.25, -0.2) is 0 Å². The summed E-state index contributed by atoms with van der Waals surface area (Å²) in [4.78, 5) is 36.0. The number of nitrogens with one attached hydrogen (secondary N) is 1. The van der Waals surface area contributed by atoms with Crippen molar-refractivity contribution in [1.29, 1.82) is 0 Å².